The third kappa shape index (κ3) is 4.51. The van der Waals surface area contributed by atoms with Crippen molar-refractivity contribution in [2.45, 2.75) is 19.3 Å². The van der Waals surface area contributed by atoms with Gasteiger partial charge in [-0.15, -0.1) is 0 Å². The molecule has 4 heteroatoms. The van der Waals surface area contributed by atoms with Crippen LogP contribution in [0.2, 0.25) is 0 Å². The summed E-state index contributed by atoms with van der Waals surface area (Å²) in [7, 11) is 0. The maximum absolute atomic E-state index is 11.9. The Morgan fingerprint density at radius 1 is 1.08 bits per heavy atom. The molecule has 0 aliphatic carbocycles. The van der Waals surface area contributed by atoms with Gasteiger partial charge in [0.25, 0.3) is 0 Å². The highest BCUT2D eigenvalue weighted by atomic mass is 16.5. The fourth-order valence-electron chi connectivity index (χ4n) is 3.00. The molecule has 1 aliphatic heterocycles. The van der Waals surface area contributed by atoms with E-state index in [1.54, 1.807) is 0 Å². The lowest BCUT2D eigenvalue weighted by Crippen LogP contribution is -2.34. The summed E-state index contributed by atoms with van der Waals surface area (Å²) in [4.78, 5) is 14.2. The van der Waals surface area contributed by atoms with Gasteiger partial charge in [-0.2, -0.15) is 0 Å². The largest absolute Gasteiger partial charge is 0.494 e. The Morgan fingerprint density at radius 2 is 1.88 bits per heavy atom. The van der Waals surface area contributed by atoms with E-state index in [1.807, 2.05) is 30.3 Å². The number of hydrogen-bond acceptors (Lipinski definition) is 3. The second kappa shape index (κ2) is 8.39. The van der Waals surface area contributed by atoms with Crippen LogP contribution in [-0.4, -0.2) is 32.1 Å². The highest BCUT2D eigenvalue weighted by Crippen LogP contribution is 2.26. The van der Waals surface area contributed by atoms with Crippen LogP contribution in [0.25, 0.3) is 0 Å². The molecule has 0 spiro atoms. The number of nitrogens with one attached hydrogen (secondary N) is 1. The van der Waals surface area contributed by atoms with Gasteiger partial charge in [0.2, 0.25) is 5.91 Å². The molecule has 0 bridgehead atoms. The smallest absolute Gasteiger partial charge is 0.220 e. The molecule has 2 aromatic carbocycles. The highest BCUT2D eigenvalue weighted by Gasteiger charge is 2.17. The second-order valence-electron chi connectivity index (χ2n) is 5.98. The van der Waals surface area contributed by atoms with E-state index in [2.05, 4.69) is 34.5 Å². The van der Waals surface area contributed by atoms with Crippen LogP contribution < -0.4 is 15.0 Å². The van der Waals surface area contributed by atoms with Crippen molar-refractivity contribution in [3.05, 3.63) is 60.2 Å². The molecule has 0 radical (unpaired) electrons. The fraction of sp³-hybridized carbons (Fsp3) is 0.350. The Kier molecular flexibility index (Phi) is 5.72. The zero-order valence-corrected chi connectivity index (χ0v) is 13.9. The molecule has 1 aliphatic rings. The number of ether oxygens (including phenoxy) is 1. The SMILES string of the molecule is O=C(CCCOc1ccccc1)NCCN1CCc2ccccc21. The molecule has 0 saturated heterocycles. The first-order chi connectivity index (χ1) is 11.8. The number of benzene rings is 2. The highest BCUT2D eigenvalue weighted by molar-refractivity contribution is 5.75. The van der Waals surface area contributed by atoms with E-state index in [1.165, 1.54) is 11.3 Å². The van der Waals surface area contributed by atoms with Gasteiger partial charge < -0.3 is 15.0 Å². The Hall–Kier alpha value is -2.49. The van der Waals surface area contributed by atoms with Crippen molar-refractivity contribution in [1.82, 2.24) is 5.32 Å². The zero-order valence-electron chi connectivity index (χ0n) is 13.9. The van der Waals surface area contributed by atoms with Gasteiger partial charge in [0, 0.05) is 31.7 Å². The summed E-state index contributed by atoms with van der Waals surface area (Å²) in [5, 5.41) is 3.00. The molecule has 0 fully saturated rings. The van der Waals surface area contributed by atoms with Crippen molar-refractivity contribution in [3.8, 4) is 5.75 Å². The first kappa shape index (κ1) is 16.4. The number of carbonyl (C=O) groups is 1. The molecule has 126 valence electrons. The Labute approximate surface area is 143 Å². The number of fused-ring (bicyclic) bond motifs is 1. The fourth-order valence-corrected chi connectivity index (χ4v) is 3.00. The van der Waals surface area contributed by atoms with Crippen LogP contribution in [-0.2, 0) is 11.2 Å². The van der Waals surface area contributed by atoms with Crippen molar-refractivity contribution in [3.63, 3.8) is 0 Å². The van der Waals surface area contributed by atoms with Crippen LogP contribution in [0.1, 0.15) is 18.4 Å². The molecule has 24 heavy (non-hydrogen) atoms. The number of para-hydroxylation sites is 2. The number of hydrogen-bond donors (Lipinski definition) is 1. The second-order valence-corrected chi connectivity index (χ2v) is 5.98. The zero-order chi connectivity index (χ0) is 16.6. The van der Waals surface area contributed by atoms with Crippen molar-refractivity contribution in [2.75, 3.05) is 31.1 Å². The minimum Gasteiger partial charge on any atom is -0.494 e. The first-order valence-electron chi connectivity index (χ1n) is 8.60. The Morgan fingerprint density at radius 3 is 2.75 bits per heavy atom. The van der Waals surface area contributed by atoms with Crippen molar-refractivity contribution < 1.29 is 9.53 Å². The van der Waals surface area contributed by atoms with Crippen molar-refractivity contribution in [1.29, 1.82) is 0 Å². The van der Waals surface area contributed by atoms with Gasteiger partial charge >= 0.3 is 0 Å². The van der Waals surface area contributed by atoms with E-state index in [-0.39, 0.29) is 5.91 Å². The number of nitrogens with zero attached hydrogens (tertiary/aromatic N) is 1. The molecule has 0 unspecified atom stereocenters. The molecule has 0 atom stereocenters. The minimum absolute atomic E-state index is 0.0964. The molecule has 1 amide bonds. The summed E-state index contributed by atoms with van der Waals surface area (Å²) in [6.45, 7) is 3.16. The Balaban J connectivity index is 1.29. The van der Waals surface area contributed by atoms with Gasteiger partial charge in [-0.3, -0.25) is 4.79 Å². The molecule has 3 rings (SSSR count). The van der Waals surface area contributed by atoms with E-state index in [4.69, 9.17) is 4.74 Å². The lowest BCUT2D eigenvalue weighted by Gasteiger charge is -2.19. The predicted molar refractivity (Wildman–Crippen MR) is 96.5 cm³/mol. The summed E-state index contributed by atoms with van der Waals surface area (Å²) in [5.74, 6) is 0.949. The number of anilines is 1. The topological polar surface area (TPSA) is 41.6 Å². The molecule has 0 aromatic heterocycles. The molecule has 0 saturated carbocycles. The average molecular weight is 324 g/mol. The third-order valence-electron chi connectivity index (χ3n) is 4.25. The minimum atomic E-state index is 0.0964. The summed E-state index contributed by atoms with van der Waals surface area (Å²) >= 11 is 0. The lowest BCUT2D eigenvalue weighted by molar-refractivity contribution is -0.121. The van der Waals surface area contributed by atoms with Crippen LogP contribution in [0.15, 0.2) is 54.6 Å². The monoisotopic (exact) mass is 324 g/mol. The number of carbonyl (C=O) groups excluding carboxylic acids is 1. The van der Waals surface area contributed by atoms with Gasteiger partial charge in [0.15, 0.2) is 0 Å². The van der Waals surface area contributed by atoms with Crippen LogP contribution in [0.3, 0.4) is 0 Å². The van der Waals surface area contributed by atoms with Crippen LogP contribution in [0.5, 0.6) is 5.75 Å². The summed E-state index contributed by atoms with van der Waals surface area (Å²) in [6, 6.07) is 18.2. The van der Waals surface area contributed by atoms with Crippen LogP contribution >= 0.6 is 0 Å². The van der Waals surface area contributed by atoms with Gasteiger partial charge in [-0.05, 0) is 36.6 Å². The normalized spacial score (nSPS) is 12.8. The van der Waals surface area contributed by atoms with Gasteiger partial charge in [-0.1, -0.05) is 36.4 Å². The van der Waals surface area contributed by atoms with E-state index < -0.39 is 0 Å². The maximum Gasteiger partial charge on any atom is 0.220 e. The molecule has 4 nitrogen and oxygen atoms in total. The number of rotatable bonds is 8. The van der Waals surface area contributed by atoms with Crippen molar-refractivity contribution >= 4 is 11.6 Å². The van der Waals surface area contributed by atoms with E-state index >= 15 is 0 Å². The van der Waals surface area contributed by atoms with Crippen LogP contribution in [0, 0.1) is 0 Å². The molecular formula is C20H24N2O2. The van der Waals surface area contributed by atoms with Gasteiger partial charge in [-0.25, -0.2) is 0 Å². The van der Waals surface area contributed by atoms with Crippen molar-refractivity contribution in [2.24, 2.45) is 0 Å². The van der Waals surface area contributed by atoms with E-state index in [0.29, 0.717) is 19.6 Å². The summed E-state index contributed by atoms with van der Waals surface area (Å²) < 4.78 is 5.59. The summed E-state index contributed by atoms with van der Waals surface area (Å²) in [5.41, 5.74) is 2.71. The standard InChI is InChI=1S/C20H24N2O2/c23-20(11-6-16-24-18-8-2-1-3-9-18)21-13-15-22-14-12-17-7-4-5-10-19(17)22/h1-5,7-10H,6,11-16H2,(H,21,23). The van der Waals surface area contributed by atoms with Crippen LogP contribution in [0.4, 0.5) is 5.69 Å². The first-order valence-corrected chi connectivity index (χ1v) is 8.60. The molecule has 1 heterocycles. The third-order valence-corrected chi connectivity index (χ3v) is 4.25. The lowest BCUT2D eigenvalue weighted by atomic mass is 10.2. The predicted octanol–water partition coefficient (Wildman–Crippen LogP) is 3.02. The van der Waals surface area contributed by atoms with E-state index in [9.17, 15) is 4.79 Å². The van der Waals surface area contributed by atoms with E-state index in [0.717, 1.165) is 31.7 Å². The molecule has 2 aromatic rings. The number of amides is 1. The Bertz CT molecular complexity index is 658. The van der Waals surface area contributed by atoms with Gasteiger partial charge in [0.1, 0.15) is 5.75 Å². The van der Waals surface area contributed by atoms with Gasteiger partial charge in [0.05, 0.1) is 6.61 Å². The molecular weight excluding hydrogens is 300 g/mol. The average Bonchev–Trinajstić information content (AvgIpc) is 3.03. The maximum atomic E-state index is 11.9. The quantitative estimate of drug-likeness (QED) is 0.759. The summed E-state index contributed by atoms with van der Waals surface area (Å²) in [6.07, 6.45) is 2.33. The molecule has 1 N–H and O–H groups in total.